The van der Waals surface area contributed by atoms with Gasteiger partial charge in [0.2, 0.25) is 5.91 Å². The highest BCUT2D eigenvalue weighted by Gasteiger charge is 2.30. The second kappa shape index (κ2) is 13.2. The minimum Gasteiger partial charge on any atom is -0.354 e. The molecule has 0 bridgehead atoms. The summed E-state index contributed by atoms with van der Waals surface area (Å²) < 4.78 is 0. The summed E-state index contributed by atoms with van der Waals surface area (Å²) in [4.78, 5) is 35.7. The lowest BCUT2D eigenvalue weighted by Crippen LogP contribution is -2.57. The van der Waals surface area contributed by atoms with Crippen molar-refractivity contribution < 1.29 is 9.59 Å². The zero-order chi connectivity index (χ0) is 22.2. The number of likely N-dealkylation sites (tertiary alicyclic amines) is 1. The topological polar surface area (TPSA) is 80.3 Å². The van der Waals surface area contributed by atoms with Gasteiger partial charge in [0.05, 0.1) is 16.6 Å². The van der Waals surface area contributed by atoms with E-state index in [-0.39, 0.29) is 41.8 Å². The zero-order valence-electron chi connectivity index (χ0n) is 18.8. The van der Waals surface area contributed by atoms with Crippen molar-refractivity contribution in [1.82, 2.24) is 25.3 Å². The monoisotopic (exact) mass is 576 g/mol. The first kappa shape index (κ1) is 26.7. The van der Waals surface area contributed by atoms with Crippen molar-refractivity contribution in [2.75, 3.05) is 59.4 Å². The number of piperazine rings is 1. The maximum Gasteiger partial charge on any atom is 0.252 e. The van der Waals surface area contributed by atoms with Crippen molar-refractivity contribution >= 4 is 53.4 Å². The number of guanidine groups is 1. The fourth-order valence-corrected chi connectivity index (χ4v) is 4.32. The summed E-state index contributed by atoms with van der Waals surface area (Å²) in [5, 5.41) is 6.62. The number of hydrogen-bond donors (Lipinski definition) is 2. The maximum atomic E-state index is 12.7. The molecule has 1 atom stereocenters. The van der Waals surface area contributed by atoms with Crippen LogP contribution in [0, 0.1) is 0 Å². The average molecular weight is 577 g/mol. The van der Waals surface area contributed by atoms with Gasteiger partial charge >= 0.3 is 0 Å². The van der Waals surface area contributed by atoms with Crippen LogP contribution in [0.1, 0.15) is 30.1 Å². The highest BCUT2D eigenvalue weighted by molar-refractivity contribution is 14.0. The first-order chi connectivity index (χ1) is 15.0. The summed E-state index contributed by atoms with van der Waals surface area (Å²) in [6, 6.07) is 6.93. The molecule has 0 saturated carbocycles. The number of carbonyl (C=O) groups is 2. The van der Waals surface area contributed by atoms with Crippen LogP contribution in [-0.2, 0) is 4.79 Å². The summed E-state index contributed by atoms with van der Waals surface area (Å²) in [6.45, 7) is 8.10. The standard InChI is InChI=1S/C22H33ClN6O2.HI/c1-17(21(31)28-11-5-6-12-28)27-13-15-29(16-14-27)22(24-2)26-10-9-25-20(30)18-7-3-4-8-19(18)23;/h3-4,7-8,17H,5-6,9-16H2,1-2H3,(H,24,26)(H,25,30);1H. The van der Waals surface area contributed by atoms with E-state index in [1.54, 1.807) is 31.3 Å². The van der Waals surface area contributed by atoms with Crippen molar-refractivity contribution in [3.63, 3.8) is 0 Å². The Morgan fingerprint density at radius 1 is 1.00 bits per heavy atom. The third-order valence-corrected chi connectivity index (χ3v) is 6.29. The molecule has 8 nitrogen and oxygen atoms in total. The Bertz CT molecular complexity index is 794. The highest BCUT2D eigenvalue weighted by Crippen LogP contribution is 2.15. The van der Waals surface area contributed by atoms with E-state index in [1.165, 1.54) is 0 Å². The molecule has 2 aliphatic heterocycles. The maximum absolute atomic E-state index is 12.7. The van der Waals surface area contributed by atoms with Crippen LogP contribution in [0.5, 0.6) is 0 Å². The van der Waals surface area contributed by atoms with E-state index in [2.05, 4.69) is 25.4 Å². The summed E-state index contributed by atoms with van der Waals surface area (Å²) >= 11 is 6.07. The summed E-state index contributed by atoms with van der Waals surface area (Å²) in [6.07, 6.45) is 2.24. The second-order valence-electron chi connectivity index (χ2n) is 7.94. The van der Waals surface area contributed by atoms with Crippen LogP contribution in [0.15, 0.2) is 29.3 Å². The van der Waals surface area contributed by atoms with E-state index >= 15 is 0 Å². The number of rotatable bonds is 6. The normalized spacial score (nSPS) is 18.2. The highest BCUT2D eigenvalue weighted by atomic mass is 127. The van der Waals surface area contributed by atoms with Gasteiger partial charge in [-0.2, -0.15) is 0 Å². The number of benzene rings is 1. The second-order valence-corrected chi connectivity index (χ2v) is 8.35. The molecule has 32 heavy (non-hydrogen) atoms. The van der Waals surface area contributed by atoms with Crippen LogP contribution in [0.3, 0.4) is 0 Å². The molecule has 0 spiro atoms. The molecule has 178 valence electrons. The van der Waals surface area contributed by atoms with E-state index in [9.17, 15) is 9.59 Å². The van der Waals surface area contributed by atoms with Gasteiger partial charge in [-0.25, -0.2) is 0 Å². The Labute approximate surface area is 212 Å². The summed E-state index contributed by atoms with van der Waals surface area (Å²) in [7, 11) is 1.76. The van der Waals surface area contributed by atoms with E-state index in [0.29, 0.717) is 23.7 Å². The molecule has 10 heteroatoms. The first-order valence-electron chi connectivity index (χ1n) is 11.0. The van der Waals surface area contributed by atoms with E-state index in [4.69, 9.17) is 11.6 Å². The lowest BCUT2D eigenvalue weighted by Gasteiger charge is -2.39. The fourth-order valence-electron chi connectivity index (χ4n) is 4.10. The molecule has 2 saturated heterocycles. The van der Waals surface area contributed by atoms with Gasteiger partial charge in [-0.15, -0.1) is 24.0 Å². The van der Waals surface area contributed by atoms with Crippen molar-refractivity contribution in [3.8, 4) is 0 Å². The molecule has 2 heterocycles. The lowest BCUT2D eigenvalue weighted by atomic mass is 10.2. The number of amides is 2. The van der Waals surface area contributed by atoms with Gasteiger partial charge in [0.15, 0.2) is 5.96 Å². The average Bonchev–Trinajstić information content (AvgIpc) is 3.33. The van der Waals surface area contributed by atoms with Crippen LogP contribution in [0.25, 0.3) is 0 Å². The van der Waals surface area contributed by atoms with E-state index in [0.717, 1.165) is 58.1 Å². The zero-order valence-corrected chi connectivity index (χ0v) is 21.9. The Morgan fingerprint density at radius 3 is 2.25 bits per heavy atom. The number of aliphatic imine (C=N–C) groups is 1. The quantitative estimate of drug-likeness (QED) is 0.234. The van der Waals surface area contributed by atoms with E-state index < -0.39 is 0 Å². The third kappa shape index (κ3) is 6.95. The molecule has 2 aliphatic rings. The van der Waals surface area contributed by atoms with Gasteiger partial charge in [-0.05, 0) is 31.9 Å². The van der Waals surface area contributed by atoms with E-state index in [1.807, 2.05) is 11.8 Å². The van der Waals surface area contributed by atoms with Crippen LogP contribution in [-0.4, -0.2) is 97.9 Å². The number of carbonyl (C=O) groups excluding carboxylic acids is 2. The number of hydrogen-bond acceptors (Lipinski definition) is 4. The molecule has 1 unspecified atom stereocenters. The SMILES string of the molecule is CN=C(NCCNC(=O)c1ccccc1Cl)N1CCN(C(C)C(=O)N2CCCC2)CC1.I. The van der Waals surface area contributed by atoms with Gasteiger partial charge in [0, 0.05) is 59.4 Å². The van der Waals surface area contributed by atoms with Gasteiger partial charge in [0.1, 0.15) is 0 Å². The molecule has 1 aromatic rings. The number of nitrogens with zero attached hydrogens (tertiary/aromatic N) is 4. The Kier molecular flexibility index (Phi) is 11.0. The van der Waals surface area contributed by atoms with Crippen molar-refractivity contribution in [2.24, 2.45) is 4.99 Å². The van der Waals surface area contributed by atoms with Crippen LogP contribution >= 0.6 is 35.6 Å². The summed E-state index contributed by atoms with van der Waals surface area (Å²) in [5.41, 5.74) is 0.474. The molecule has 1 aromatic carbocycles. The summed E-state index contributed by atoms with van der Waals surface area (Å²) in [5.74, 6) is 0.876. The molecule has 2 fully saturated rings. The van der Waals surface area contributed by atoms with Gasteiger partial charge in [-0.3, -0.25) is 19.5 Å². The molecular weight excluding hydrogens is 543 g/mol. The smallest absolute Gasteiger partial charge is 0.252 e. The molecule has 0 aliphatic carbocycles. The predicted molar refractivity (Wildman–Crippen MR) is 139 cm³/mol. The van der Waals surface area contributed by atoms with Crippen molar-refractivity contribution in [3.05, 3.63) is 34.9 Å². The largest absolute Gasteiger partial charge is 0.354 e. The molecule has 0 aromatic heterocycles. The van der Waals surface area contributed by atoms with Crippen LogP contribution in [0.4, 0.5) is 0 Å². The van der Waals surface area contributed by atoms with Crippen LogP contribution < -0.4 is 10.6 Å². The Hall–Kier alpha value is -1.59. The molecule has 2 amide bonds. The number of halogens is 2. The molecule has 0 radical (unpaired) electrons. The molecular formula is C22H34ClIN6O2. The Morgan fingerprint density at radius 2 is 1.62 bits per heavy atom. The lowest BCUT2D eigenvalue weighted by molar-refractivity contribution is -0.135. The molecule has 3 rings (SSSR count). The fraction of sp³-hybridized carbons (Fsp3) is 0.591. The first-order valence-corrected chi connectivity index (χ1v) is 11.4. The minimum absolute atomic E-state index is 0. The number of nitrogens with one attached hydrogen (secondary N) is 2. The Balaban J connectivity index is 0.00000363. The third-order valence-electron chi connectivity index (χ3n) is 5.96. The van der Waals surface area contributed by atoms with Crippen molar-refractivity contribution in [1.29, 1.82) is 0 Å². The van der Waals surface area contributed by atoms with Crippen LogP contribution in [0.2, 0.25) is 5.02 Å². The van der Waals surface area contributed by atoms with Gasteiger partial charge in [0.25, 0.3) is 5.91 Å². The van der Waals surface area contributed by atoms with Gasteiger partial charge in [-0.1, -0.05) is 23.7 Å². The van der Waals surface area contributed by atoms with Gasteiger partial charge < -0.3 is 20.4 Å². The molecule has 2 N–H and O–H groups in total. The van der Waals surface area contributed by atoms with Crippen molar-refractivity contribution in [2.45, 2.75) is 25.8 Å². The predicted octanol–water partition coefficient (Wildman–Crippen LogP) is 1.89. The minimum atomic E-state index is -0.187.